The van der Waals surface area contributed by atoms with Crippen LogP contribution in [0, 0.1) is 0 Å². The highest BCUT2D eigenvalue weighted by molar-refractivity contribution is 6.30. The molecule has 2 aromatic heterocycles. The predicted octanol–water partition coefficient (Wildman–Crippen LogP) is 3.27. The maximum absolute atomic E-state index is 9.82. The summed E-state index contributed by atoms with van der Waals surface area (Å²) >= 11 is 6.01. The van der Waals surface area contributed by atoms with Gasteiger partial charge in [0.2, 0.25) is 11.3 Å². The molecule has 0 spiro atoms. The molecular formula is C17H12ClN7O3. The summed E-state index contributed by atoms with van der Waals surface area (Å²) in [7, 11) is 0. The van der Waals surface area contributed by atoms with Crippen LogP contribution in [-0.4, -0.2) is 36.7 Å². The number of aromatic nitrogens is 4. The molecule has 0 aliphatic carbocycles. The number of nitrogens with one attached hydrogen (secondary N) is 2. The van der Waals surface area contributed by atoms with E-state index >= 15 is 0 Å². The molecule has 0 unspecified atom stereocenters. The maximum atomic E-state index is 9.82. The largest absolute Gasteiger partial charge is 0.508 e. The molecule has 2 aromatic carbocycles. The minimum atomic E-state index is -0.120. The molecule has 10 nitrogen and oxygen atoms in total. The Morgan fingerprint density at radius 2 is 1.79 bits per heavy atom. The summed E-state index contributed by atoms with van der Waals surface area (Å²) in [5.74, 6) is 0.394. The van der Waals surface area contributed by atoms with E-state index in [1.165, 1.54) is 24.4 Å². The maximum Gasteiger partial charge on any atom is 0.245 e. The first-order valence-corrected chi connectivity index (χ1v) is 8.30. The van der Waals surface area contributed by atoms with Crippen molar-refractivity contribution in [3.8, 4) is 11.5 Å². The van der Waals surface area contributed by atoms with Gasteiger partial charge in [0.15, 0.2) is 11.6 Å². The molecular weight excluding hydrogens is 386 g/mol. The molecule has 0 amide bonds. The summed E-state index contributed by atoms with van der Waals surface area (Å²) < 4.78 is 4.65. The molecule has 28 heavy (non-hydrogen) atoms. The van der Waals surface area contributed by atoms with Gasteiger partial charge in [0.05, 0.1) is 6.21 Å². The summed E-state index contributed by atoms with van der Waals surface area (Å²) in [6.07, 6.45) is 1.37. The fourth-order valence-corrected chi connectivity index (χ4v) is 2.50. The first kappa shape index (κ1) is 17.5. The van der Waals surface area contributed by atoms with Crippen LogP contribution in [0.25, 0.3) is 11.3 Å². The van der Waals surface area contributed by atoms with Crippen LogP contribution in [0.2, 0.25) is 5.02 Å². The lowest BCUT2D eigenvalue weighted by molar-refractivity contribution is 0.314. The highest BCUT2D eigenvalue weighted by atomic mass is 35.5. The van der Waals surface area contributed by atoms with Crippen LogP contribution in [0.15, 0.2) is 52.2 Å². The van der Waals surface area contributed by atoms with E-state index in [0.29, 0.717) is 22.1 Å². The second-order valence-corrected chi connectivity index (χ2v) is 6.02. The van der Waals surface area contributed by atoms with Gasteiger partial charge in [0.1, 0.15) is 11.5 Å². The SMILES string of the molecule is Oc1ccc(C=NNc2nc3nonc3nc2Nc2cccc(Cl)c2)c(O)c1. The number of hydrazone groups is 1. The van der Waals surface area contributed by atoms with Gasteiger partial charge >= 0.3 is 0 Å². The van der Waals surface area contributed by atoms with E-state index in [9.17, 15) is 10.2 Å². The monoisotopic (exact) mass is 397 g/mol. The standard InChI is InChI=1S/C17H12ClN7O3/c18-10-2-1-3-11(6-10)20-14-15(22-17-16(21-14)24-28-25-17)23-19-8-9-4-5-12(26)7-13(9)27/h1-8,26-27H,(H,20,21,24)(H,22,23,25). The topological polar surface area (TPSA) is 142 Å². The van der Waals surface area contributed by atoms with Crippen LogP contribution < -0.4 is 10.7 Å². The van der Waals surface area contributed by atoms with Crippen molar-refractivity contribution in [3.05, 3.63) is 53.1 Å². The molecule has 4 N–H and O–H groups in total. The Hall–Kier alpha value is -3.92. The number of hydrogen-bond donors (Lipinski definition) is 4. The third kappa shape index (κ3) is 3.76. The number of benzene rings is 2. The van der Waals surface area contributed by atoms with Gasteiger partial charge in [-0.05, 0) is 40.6 Å². The Kier molecular flexibility index (Phi) is 4.60. The van der Waals surface area contributed by atoms with Crippen LogP contribution in [0.1, 0.15) is 5.56 Å². The fraction of sp³-hybridized carbons (Fsp3) is 0. The zero-order valence-electron chi connectivity index (χ0n) is 14.0. The van der Waals surface area contributed by atoms with Gasteiger partial charge in [-0.3, -0.25) is 5.43 Å². The first-order valence-electron chi connectivity index (χ1n) is 7.92. The van der Waals surface area contributed by atoms with Crippen molar-refractivity contribution in [1.29, 1.82) is 0 Å². The zero-order valence-corrected chi connectivity index (χ0v) is 14.8. The molecule has 0 bridgehead atoms. The van der Waals surface area contributed by atoms with Crippen molar-refractivity contribution in [3.63, 3.8) is 0 Å². The molecule has 4 rings (SSSR count). The number of nitrogens with zero attached hydrogens (tertiary/aromatic N) is 5. The van der Waals surface area contributed by atoms with E-state index in [-0.39, 0.29) is 28.6 Å². The molecule has 4 aromatic rings. The summed E-state index contributed by atoms with van der Waals surface area (Å²) in [5.41, 5.74) is 4.23. The van der Waals surface area contributed by atoms with E-state index in [0.717, 1.165) is 0 Å². The number of aromatic hydroxyl groups is 2. The van der Waals surface area contributed by atoms with Crippen LogP contribution in [0.3, 0.4) is 0 Å². The van der Waals surface area contributed by atoms with Gasteiger partial charge < -0.3 is 15.5 Å². The zero-order chi connectivity index (χ0) is 19.5. The van der Waals surface area contributed by atoms with Crippen LogP contribution in [0.4, 0.5) is 17.3 Å². The first-order chi connectivity index (χ1) is 13.6. The molecule has 11 heteroatoms. The van der Waals surface area contributed by atoms with E-state index in [1.54, 1.807) is 24.3 Å². The van der Waals surface area contributed by atoms with E-state index in [4.69, 9.17) is 11.6 Å². The average Bonchev–Trinajstić information content (AvgIpc) is 3.11. The van der Waals surface area contributed by atoms with Crippen LogP contribution in [0.5, 0.6) is 11.5 Å². The summed E-state index contributed by atoms with van der Waals surface area (Å²) in [6, 6.07) is 11.2. The molecule has 2 heterocycles. The van der Waals surface area contributed by atoms with Crippen LogP contribution >= 0.6 is 11.6 Å². The molecule has 0 saturated carbocycles. The summed E-state index contributed by atoms with van der Waals surface area (Å²) in [4.78, 5) is 8.58. The average molecular weight is 398 g/mol. The van der Waals surface area contributed by atoms with Crippen molar-refractivity contribution in [2.45, 2.75) is 0 Å². The van der Waals surface area contributed by atoms with Crippen molar-refractivity contribution >= 4 is 46.4 Å². The number of hydrogen-bond acceptors (Lipinski definition) is 10. The minimum Gasteiger partial charge on any atom is -0.508 e. The molecule has 0 fully saturated rings. The van der Waals surface area contributed by atoms with Crippen molar-refractivity contribution in [2.75, 3.05) is 10.7 Å². The predicted molar refractivity (Wildman–Crippen MR) is 103 cm³/mol. The molecule has 0 aliphatic heterocycles. The van der Waals surface area contributed by atoms with Crippen LogP contribution in [-0.2, 0) is 0 Å². The second-order valence-electron chi connectivity index (χ2n) is 5.58. The molecule has 140 valence electrons. The molecule has 0 atom stereocenters. The Bertz CT molecular complexity index is 1180. The number of phenolic OH excluding ortho intramolecular Hbond substituents is 2. The quantitative estimate of drug-likeness (QED) is 0.294. The van der Waals surface area contributed by atoms with Gasteiger partial charge in [-0.25, -0.2) is 9.61 Å². The van der Waals surface area contributed by atoms with Crippen molar-refractivity contribution < 1.29 is 14.8 Å². The highest BCUT2D eigenvalue weighted by Gasteiger charge is 2.13. The second kappa shape index (κ2) is 7.37. The fourth-order valence-electron chi connectivity index (χ4n) is 2.31. The number of anilines is 3. The lowest BCUT2D eigenvalue weighted by Crippen LogP contribution is -2.03. The normalized spacial score (nSPS) is 11.2. The molecule has 0 radical (unpaired) electrons. The Balaban J connectivity index is 1.64. The third-order valence-electron chi connectivity index (χ3n) is 3.59. The van der Waals surface area contributed by atoms with Crippen molar-refractivity contribution in [2.24, 2.45) is 5.10 Å². The third-order valence-corrected chi connectivity index (χ3v) is 3.82. The molecule has 0 saturated heterocycles. The lowest BCUT2D eigenvalue weighted by atomic mass is 10.2. The Morgan fingerprint density at radius 3 is 2.54 bits per heavy atom. The minimum absolute atomic E-state index is 0.0505. The van der Waals surface area contributed by atoms with Gasteiger partial charge in [-0.15, -0.1) is 0 Å². The number of fused-ring (bicyclic) bond motifs is 1. The lowest BCUT2D eigenvalue weighted by Gasteiger charge is -2.09. The smallest absolute Gasteiger partial charge is 0.245 e. The number of rotatable bonds is 5. The van der Waals surface area contributed by atoms with E-state index < -0.39 is 0 Å². The molecule has 0 aliphatic rings. The Morgan fingerprint density at radius 1 is 1.00 bits per heavy atom. The van der Waals surface area contributed by atoms with Gasteiger partial charge in [0.25, 0.3) is 0 Å². The number of halogens is 1. The summed E-state index contributed by atoms with van der Waals surface area (Å²) in [6.45, 7) is 0. The van der Waals surface area contributed by atoms with Crippen molar-refractivity contribution in [1.82, 2.24) is 20.3 Å². The number of phenols is 2. The Labute approximate surface area is 162 Å². The van der Waals surface area contributed by atoms with E-state index in [2.05, 4.69) is 40.8 Å². The van der Waals surface area contributed by atoms with Gasteiger partial charge in [-0.2, -0.15) is 10.1 Å². The van der Waals surface area contributed by atoms with Gasteiger partial charge in [0, 0.05) is 22.3 Å². The van der Waals surface area contributed by atoms with E-state index in [1.807, 2.05) is 0 Å². The van der Waals surface area contributed by atoms with Gasteiger partial charge in [-0.1, -0.05) is 17.7 Å². The summed E-state index contributed by atoms with van der Waals surface area (Å²) in [5, 5.41) is 34.2. The highest BCUT2D eigenvalue weighted by Crippen LogP contribution is 2.25.